The molecule has 0 aromatic heterocycles. The standard InChI is InChI=1S/C18H18N4O2/c1-3-15(13-6-4-12(2)5-7-13)16(10-19)14(21)22-18(17(15,16)11-20)23-8-9-24-18/h4-7H,3,8-9H2,1-2H3,(H2,21,22)/t15-,16-,17+/m0/s1. The maximum absolute atomic E-state index is 10.2. The Balaban J connectivity index is 2.03. The first-order chi connectivity index (χ1) is 11.5. The highest BCUT2D eigenvalue weighted by Crippen LogP contribution is 2.86. The molecule has 3 atom stereocenters. The molecule has 2 heterocycles. The van der Waals surface area contributed by atoms with E-state index in [2.05, 4.69) is 17.1 Å². The Morgan fingerprint density at radius 2 is 1.79 bits per heavy atom. The van der Waals surface area contributed by atoms with Gasteiger partial charge in [0.25, 0.3) is 5.91 Å². The highest BCUT2D eigenvalue weighted by molar-refractivity contribution is 6.02. The Hall–Kier alpha value is -2.41. The molecule has 1 aromatic rings. The van der Waals surface area contributed by atoms with Crippen LogP contribution in [0.15, 0.2) is 29.3 Å². The van der Waals surface area contributed by atoms with Gasteiger partial charge >= 0.3 is 0 Å². The zero-order valence-corrected chi connectivity index (χ0v) is 13.7. The molecule has 122 valence electrons. The summed E-state index contributed by atoms with van der Waals surface area (Å²) in [6.45, 7) is 4.62. The van der Waals surface area contributed by atoms with Crippen molar-refractivity contribution in [2.75, 3.05) is 13.2 Å². The van der Waals surface area contributed by atoms with Gasteiger partial charge in [-0.1, -0.05) is 36.8 Å². The van der Waals surface area contributed by atoms with E-state index in [9.17, 15) is 10.5 Å². The van der Waals surface area contributed by atoms with Gasteiger partial charge in [-0.05, 0) is 18.9 Å². The summed E-state index contributed by atoms with van der Waals surface area (Å²) in [6, 6.07) is 12.6. The van der Waals surface area contributed by atoms with Gasteiger partial charge in [-0.2, -0.15) is 10.5 Å². The van der Waals surface area contributed by atoms with Crippen molar-refractivity contribution in [3.05, 3.63) is 35.4 Å². The molecule has 1 saturated carbocycles. The van der Waals surface area contributed by atoms with Crippen LogP contribution in [0, 0.1) is 40.4 Å². The van der Waals surface area contributed by atoms with Crippen LogP contribution in [0.5, 0.6) is 0 Å². The first-order valence-corrected chi connectivity index (χ1v) is 8.05. The molecule has 0 radical (unpaired) electrons. The molecule has 24 heavy (non-hydrogen) atoms. The maximum Gasteiger partial charge on any atom is 0.293 e. The third-order valence-electron chi connectivity index (χ3n) is 5.99. The molecule has 0 bridgehead atoms. The highest BCUT2D eigenvalue weighted by atomic mass is 16.8. The van der Waals surface area contributed by atoms with E-state index in [4.69, 9.17) is 15.2 Å². The Kier molecular flexibility index (Phi) is 2.75. The number of nitrogens with zero attached hydrogens (tertiary/aromatic N) is 3. The number of ether oxygens (including phenoxy) is 2. The molecule has 2 aliphatic heterocycles. The minimum Gasteiger partial charge on any atom is -0.386 e. The summed E-state index contributed by atoms with van der Waals surface area (Å²) in [5.41, 5.74) is 4.92. The normalized spacial score (nSPS) is 38.2. The van der Waals surface area contributed by atoms with E-state index in [1.165, 1.54) is 0 Å². The fraction of sp³-hybridized carbons (Fsp3) is 0.500. The summed E-state index contributed by atoms with van der Waals surface area (Å²) >= 11 is 0. The van der Waals surface area contributed by atoms with Crippen LogP contribution in [0.3, 0.4) is 0 Å². The van der Waals surface area contributed by atoms with Crippen LogP contribution in [0.2, 0.25) is 0 Å². The number of benzene rings is 1. The largest absolute Gasteiger partial charge is 0.386 e. The summed E-state index contributed by atoms with van der Waals surface area (Å²) < 4.78 is 11.6. The minimum absolute atomic E-state index is 0.135. The number of aliphatic imine (C=N–C) groups is 1. The van der Waals surface area contributed by atoms with Crippen molar-refractivity contribution in [3.63, 3.8) is 0 Å². The average molecular weight is 322 g/mol. The van der Waals surface area contributed by atoms with Crippen molar-refractivity contribution >= 4 is 5.84 Å². The second-order valence-electron chi connectivity index (χ2n) is 6.62. The third-order valence-corrected chi connectivity index (χ3v) is 5.99. The second-order valence-corrected chi connectivity index (χ2v) is 6.62. The van der Waals surface area contributed by atoms with E-state index in [-0.39, 0.29) is 5.84 Å². The quantitative estimate of drug-likeness (QED) is 0.893. The van der Waals surface area contributed by atoms with Crippen LogP contribution in [0.1, 0.15) is 24.5 Å². The van der Waals surface area contributed by atoms with E-state index in [0.29, 0.717) is 19.6 Å². The molecule has 0 unspecified atom stereocenters. The van der Waals surface area contributed by atoms with Crippen LogP contribution in [-0.4, -0.2) is 25.0 Å². The topological polar surface area (TPSA) is 104 Å². The van der Waals surface area contributed by atoms with E-state index in [1.54, 1.807) is 0 Å². The van der Waals surface area contributed by atoms with Crippen molar-refractivity contribution in [2.45, 2.75) is 31.6 Å². The third kappa shape index (κ3) is 1.15. The van der Waals surface area contributed by atoms with Crippen molar-refractivity contribution in [1.82, 2.24) is 0 Å². The second kappa shape index (κ2) is 4.36. The van der Waals surface area contributed by atoms with Gasteiger partial charge in [0.15, 0.2) is 10.8 Å². The first kappa shape index (κ1) is 15.1. The van der Waals surface area contributed by atoms with E-state index in [1.807, 2.05) is 38.1 Å². The molecule has 3 aliphatic rings. The predicted molar refractivity (Wildman–Crippen MR) is 85.5 cm³/mol. The van der Waals surface area contributed by atoms with Gasteiger partial charge in [-0.3, -0.25) is 0 Å². The fourth-order valence-electron chi connectivity index (χ4n) is 5.05. The number of hydrogen-bond acceptors (Lipinski definition) is 6. The molecule has 1 aliphatic carbocycles. The van der Waals surface area contributed by atoms with Gasteiger partial charge in [0.1, 0.15) is 5.84 Å². The van der Waals surface area contributed by atoms with Crippen LogP contribution >= 0.6 is 0 Å². The van der Waals surface area contributed by atoms with E-state index < -0.39 is 22.2 Å². The van der Waals surface area contributed by atoms with Crippen molar-refractivity contribution in [3.8, 4) is 12.1 Å². The molecule has 2 fully saturated rings. The Morgan fingerprint density at radius 3 is 2.29 bits per heavy atom. The molecule has 6 nitrogen and oxygen atoms in total. The Labute approximate surface area is 140 Å². The highest BCUT2D eigenvalue weighted by Gasteiger charge is 3.01. The Morgan fingerprint density at radius 1 is 1.17 bits per heavy atom. The SMILES string of the molecule is CC[C@]1(c2ccc(C)cc2)[C@]2(C#N)C(N)=NC3(OCCO3)[C@@]21C#N. The van der Waals surface area contributed by atoms with Crippen molar-refractivity contribution in [1.29, 1.82) is 10.5 Å². The molecule has 1 spiro atoms. The van der Waals surface area contributed by atoms with E-state index >= 15 is 0 Å². The van der Waals surface area contributed by atoms with Gasteiger partial charge in [-0.15, -0.1) is 0 Å². The van der Waals surface area contributed by atoms with Gasteiger partial charge in [0, 0.05) is 0 Å². The molecular formula is C18H18N4O2. The minimum atomic E-state index is -1.48. The molecule has 1 saturated heterocycles. The van der Waals surface area contributed by atoms with E-state index in [0.717, 1.165) is 11.1 Å². The average Bonchev–Trinajstić information content (AvgIpc) is 2.81. The Bertz CT molecular complexity index is 828. The lowest BCUT2D eigenvalue weighted by Gasteiger charge is -2.31. The summed E-state index contributed by atoms with van der Waals surface area (Å²) in [4.78, 5) is 4.33. The smallest absolute Gasteiger partial charge is 0.293 e. The van der Waals surface area contributed by atoms with Crippen LogP contribution < -0.4 is 5.73 Å². The van der Waals surface area contributed by atoms with Crippen LogP contribution in [0.4, 0.5) is 0 Å². The lowest BCUT2D eigenvalue weighted by molar-refractivity contribution is -0.188. The molecule has 0 amide bonds. The maximum atomic E-state index is 10.2. The number of nitrogens with two attached hydrogens (primary N) is 1. The van der Waals surface area contributed by atoms with Crippen LogP contribution in [0.25, 0.3) is 0 Å². The summed E-state index contributed by atoms with van der Waals surface area (Å²) in [7, 11) is 0. The van der Waals surface area contributed by atoms with Crippen LogP contribution in [-0.2, 0) is 14.9 Å². The van der Waals surface area contributed by atoms with Gasteiger partial charge in [0.2, 0.25) is 0 Å². The number of amidine groups is 1. The number of aryl methyl sites for hydroxylation is 1. The summed E-state index contributed by atoms with van der Waals surface area (Å²) in [5, 5.41) is 20.3. The number of nitriles is 2. The van der Waals surface area contributed by atoms with Gasteiger partial charge < -0.3 is 15.2 Å². The molecule has 6 heteroatoms. The fourth-order valence-corrected chi connectivity index (χ4v) is 5.05. The zero-order chi connectivity index (χ0) is 17.2. The zero-order valence-electron chi connectivity index (χ0n) is 13.7. The molecule has 4 rings (SSSR count). The lowest BCUT2D eigenvalue weighted by atomic mass is 9.80. The first-order valence-electron chi connectivity index (χ1n) is 8.05. The van der Waals surface area contributed by atoms with Gasteiger partial charge in [0.05, 0.1) is 30.8 Å². The lowest BCUT2D eigenvalue weighted by Crippen LogP contribution is -2.42. The monoisotopic (exact) mass is 322 g/mol. The molecule has 1 aromatic carbocycles. The predicted octanol–water partition coefficient (Wildman–Crippen LogP) is 1.75. The van der Waals surface area contributed by atoms with Crippen molar-refractivity contribution in [2.24, 2.45) is 21.6 Å². The van der Waals surface area contributed by atoms with Gasteiger partial charge in [-0.25, -0.2) is 4.99 Å². The number of hydrogen-bond donors (Lipinski definition) is 1. The number of fused-ring (bicyclic) bond motifs is 2. The summed E-state index contributed by atoms with van der Waals surface area (Å²) in [6.07, 6.45) is 0.557. The molecular weight excluding hydrogens is 304 g/mol. The summed E-state index contributed by atoms with van der Waals surface area (Å²) in [5.74, 6) is -1.35. The number of rotatable bonds is 2. The molecule has 2 N–H and O–H groups in total. The van der Waals surface area contributed by atoms with Crippen molar-refractivity contribution < 1.29 is 9.47 Å².